The number of ether oxygens (including phenoxy) is 1. The fourth-order valence-electron chi connectivity index (χ4n) is 3.59. The van der Waals surface area contributed by atoms with E-state index >= 15 is 0 Å². The van der Waals surface area contributed by atoms with Gasteiger partial charge in [-0.25, -0.2) is 14.8 Å². The van der Waals surface area contributed by atoms with Gasteiger partial charge in [0.15, 0.2) is 0 Å². The summed E-state index contributed by atoms with van der Waals surface area (Å²) in [5.74, 6) is 0.488. The van der Waals surface area contributed by atoms with Crippen molar-refractivity contribution in [2.45, 2.75) is 32.8 Å². The molecule has 172 valence electrons. The molecule has 2 aromatic heterocycles. The van der Waals surface area contributed by atoms with Crippen LogP contribution in [0.3, 0.4) is 0 Å². The lowest BCUT2D eigenvalue weighted by Gasteiger charge is -2.27. The number of rotatable bonds is 4. The molecular weight excluding hydrogens is 418 g/mol. The molecule has 9 nitrogen and oxygen atoms in total. The van der Waals surface area contributed by atoms with Gasteiger partial charge in [0.25, 0.3) is 0 Å². The molecule has 3 aromatic rings. The lowest BCUT2D eigenvalue weighted by Crippen LogP contribution is -2.39. The van der Waals surface area contributed by atoms with Gasteiger partial charge in [-0.2, -0.15) is 0 Å². The largest absolute Gasteiger partial charge is 0.444 e. The summed E-state index contributed by atoms with van der Waals surface area (Å²) in [6.07, 6.45) is 7.26. The zero-order valence-electron chi connectivity index (χ0n) is 19.2. The summed E-state index contributed by atoms with van der Waals surface area (Å²) in [4.78, 5) is 33.8. The summed E-state index contributed by atoms with van der Waals surface area (Å²) in [6, 6.07) is 9.93. The standard InChI is InChI=1S/C24H29N7O2/c1-24(2,3)33-23(32)31-13-5-12-30(14-15-31)19-7-4-6-18(16-19)28-22-27-9-8-20(29-22)21-17-25-10-11-26-21/h4,6-11,16-17H,5,12-15H2,1-3H3,(H,27,28,29). The van der Waals surface area contributed by atoms with Crippen LogP contribution in [-0.4, -0.2) is 62.7 Å². The normalized spacial score (nSPS) is 14.5. The highest BCUT2D eigenvalue weighted by Gasteiger charge is 2.24. The molecule has 1 aliphatic heterocycles. The van der Waals surface area contributed by atoms with E-state index in [2.05, 4.69) is 42.3 Å². The first-order chi connectivity index (χ1) is 15.9. The molecule has 0 saturated carbocycles. The van der Waals surface area contributed by atoms with E-state index in [1.54, 1.807) is 35.8 Å². The van der Waals surface area contributed by atoms with E-state index in [1.807, 2.05) is 32.9 Å². The van der Waals surface area contributed by atoms with Crippen molar-refractivity contribution in [3.63, 3.8) is 0 Å². The summed E-state index contributed by atoms with van der Waals surface area (Å²) >= 11 is 0. The predicted octanol–water partition coefficient (Wildman–Crippen LogP) is 4.12. The number of hydrogen-bond acceptors (Lipinski definition) is 8. The third kappa shape index (κ3) is 6.15. The van der Waals surface area contributed by atoms with Crippen molar-refractivity contribution in [1.29, 1.82) is 0 Å². The van der Waals surface area contributed by atoms with Gasteiger partial charge < -0.3 is 19.9 Å². The van der Waals surface area contributed by atoms with Gasteiger partial charge in [0.1, 0.15) is 11.3 Å². The van der Waals surface area contributed by atoms with E-state index in [-0.39, 0.29) is 6.09 Å². The topological polar surface area (TPSA) is 96.4 Å². The third-order valence-corrected chi connectivity index (χ3v) is 5.10. The average Bonchev–Trinajstić information content (AvgIpc) is 3.06. The number of hydrogen-bond donors (Lipinski definition) is 1. The van der Waals surface area contributed by atoms with Crippen molar-refractivity contribution in [3.8, 4) is 11.4 Å². The number of amides is 1. The Bertz CT molecular complexity index is 1090. The fraction of sp³-hybridized carbons (Fsp3) is 0.375. The molecule has 4 rings (SSSR count). The molecule has 1 fully saturated rings. The second-order valence-corrected chi connectivity index (χ2v) is 8.84. The van der Waals surface area contributed by atoms with Crippen molar-refractivity contribution in [3.05, 3.63) is 55.1 Å². The predicted molar refractivity (Wildman–Crippen MR) is 127 cm³/mol. The molecule has 1 aliphatic rings. The summed E-state index contributed by atoms with van der Waals surface area (Å²) in [5.41, 5.74) is 2.87. The molecule has 1 aromatic carbocycles. The van der Waals surface area contributed by atoms with Gasteiger partial charge >= 0.3 is 6.09 Å². The highest BCUT2D eigenvalue weighted by Crippen LogP contribution is 2.24. The van der Waals surface area contributed by atoms with Gasteiger partial charge in [0, 0.05) is 56.1 Å². The highest BCUT2D eigenvalue weighted by molar-refractivity contribution is 5.68. The van der Waals surface area contributed by atoms with Gasteiger partial charge in [-0.15, -0.1) is 0 Å². The molecule has 0 unspecified atom stereocenters. The zero-order chi connectivity index (χ0) is 23.3. The van der Waals surface area contributed by atoms with E-state index in [9.17, 15) is 4.79 Å². The fourth-order valence-corrected chi connectivity index (χ4v) is 3.59. The van der Waals surface area contributed by atoms with Crippen LogP contribution in [-0.2, 0) is 4.74 Å². The van der Waals surface area contributed by atoms with Crippen LogP contribution in [0, 0.1) is 0 Å². The quantitative estimate of drug-likeness (QED) is 0.638. The van der Waals surface area contributed by atoms with E-state index in [4.69, 9.17) is 4.74 Å². The van der Waals surface area contributed by atoms with Crippen LogP contribution in [0.2, 0.25) is 0 Å². The Morgan fingerprint density at radius 3 is 2.67 bits per heavy atom. The van der Waals surface area contributed by atoms with Crippen LogP contribution in [0.15, 0.2) is 55.1 Å². The number of benzene rings is 1. The number of aromatic nitrogens is 4. The molecule has 0 atom stereocenters. The van der Waals surface area contributed by atoms with Crippen molar-refractivity contribution in [2.75, 3.05) is 36.4 Å². The number of anilines is 3. The Kier molecular flexibility index (Phi) is 6.67. The van der Waals surface area contributed by atoms with Crippen LogP contribution in [0.4, 0.5) is 22.1 Å². The van der Waals surface area contributed by atoms with Gasteiger partial charge in [-0.05, 0) is 51.5 Å². The maximum absolute atomic E-state index is 12.4. The molecule has 1 N–H and O–H groups in total. The first kappa shape index (κ1) is 22.4. The molecule has 0 radical (unpaired) electrons. The Morgan fingerprint density at radius 2 is 1.88 bits per heavy atom. The first-order valence-electron chi connectivity index (χ1n) is 11.1. The van der Waals surface area contributed by atoms with Crippen LogP contribution < -0.4 is 10.2 Å². The Labute approximate surface area is 193 Å². The monoisotopic (exact) mass is 447 g/mol. The second-order valence-electron chi connectivity index (χ2n) is 8.84. The van der Waals surface area contributed by atoms with Crippen molar-refractivity contribution >= 4 is 23.4 Å². The minimum absolute atomic E-state index is 0.250. The molecule has 33 heavy (non-hydrogen) atoms. The van der Waals surface area contributed by atoms with E-state index in [0.29, 0.717) is 30.4 Å². The smallest absolute Gasteiger partial charge is 0.410 e. The summed E-state index contributed by atoms with van der Waals surface area (Å²) in [5, 5.41) is 3.28. The second kappa shape index (κ2) is 9.81. The van der Waals surface area contributed by atoms with Crippen LogP contribution in [0.25, 0.3) is 11.4 Å². The van der Waals surface area contributed by atoms with Gasteiger partial charge in [0.2, 0.25) is 5.95 Å². The highest BCUT2D eigenvalue weighted by atomic mass is 16.6. The maximum atomic E-state index is 12.4. The Morgan fingerprint density at radius 1 is 1.00 bits per heavy atom. The van der Waals surface area contributed by atoms with Gasteiger partial charge in [-0.3, -0.25) is 9.97 Å². The minimum Gasteiger partial charge on any atom is -0.444 e. The van der Waals surface area contributed by atoms with Crippen molar-refractivity contribution < 1.29 is 9.53 Å². The van der Waals surface area contributed by atoms with Gasteiger partial charge in [-0.1, -0.05) is 6.07 Å². The SMILES string of the molecule is CC(C)(C)OC(=O)N1CCCN(c2cccc(Nc3nccc(-c4cnccn4)n3)c2)CC1. The molecule has 0 bridgehead atoms. The lowest BCUT2D eigenvalue weighted by atomic mass is 10.2. The molecule has 1 amide bonds. The molecule has 0 aliphatic carbocycles. The first-order valence-corrected chi connectivity index (χ1v) is 11.1. The molecule has 1 saturated heterocycles. The van der Waals surface area contributed by atoms with Crippen molar-refractivity contribution in [2.24, 2.45) is 0 Å². The zero-order valence-corrected chi connectivity index (χ0v) is 19.2. The van der Waals surface area contributed by atoms with E-state index in [1.165, 1.54) is 0 Å². The molecule has 9 heteroatoms. The van der Waals surface area contributed by atoms with E-state index < -0.39 is 5.60 Å². The Balaban J connectivity index is 1.43. The van der Waals surface area contributed by atoms with Gasteiger partial charge in [0.05, 0.1) is 11.9 Å². The average molecular weight is 448 g/mol. The van der Waals surface area contributed by atoms with Crippen LogP contribution in [0.5, 0.6) is 0 Å². The molecule has 3 heterocycles. The minimum atomic E-state index is -0.491. The number of nitrogens with zero attached hydrogens (tertiary/aromatic N) is 6. The summed E-state index contributed by atoms with van der Waals surface area (Å²) < 4.78 is 5.54. The number of carbonyl (C=O) groups is 1. The Hall–Kier alpha value is -3.75. The lowest BCUT2D eigenvalue weighted by molar-refractivity contribution is 0.0263. The van der Waals surface area contributed by atoms with E-state index in [0.717, 1.165) is 30.9 Å². The van der Waals surface area contributed by atoms with Crippen LogP contribution in [0.1, 0.15) is 27.2 Å². The summed E-state index contributed by atoms with van der Waals surface area (Å²) in [6.45, 7) is 8.57. The summed E-state index contributed by atoms with van der Waals surface area (Å²) in [7, 11) is 0. The number of nitrogens with one attached hydrogen (secondary N) is 1. The number of carbonyl (C=O) groups excluding carboxylic acids is 1. The van der Waals surface area contributed by atoms with Crippen molar-refractivity contribution in [1.82, 2.24) is 24.8 Å². The van der Waals surface area contributed by atoms with Crippen LogP contribution >= 0.6 is 0 Å². The molecule has 0 spiro atoms. The third-order valence-electron chi connectivity index (χ3n) is 5.10. The molecular formula is C24H29N7O2. The maximum Gasteiger partial charge on any atom is 0.410 e.